The monoisotopic (exact) mass is 549 g/mol. The summed E-state index contributed by atoms with van der Waals surface area (Å²) in [5.74, 6) is -0.499. The number of benzene rings is 3. The maximum atomic E-state index is 13.7. The molecule has 1 saturated carbocycles. The fourth-order valence-electron chi connectivity index (χ4n) is 5.19. The van der Waals surface area contributed by atoms with Crippen molar-refractivity contribution in [2.75, 3.05) is 5.32 Å². The molecule has 0 heterocycles. The molecular formula is C31H39N3O4S. The molecule has 3 aromatic carbocycles. The SMILES string of the molecule is CC(C)(C)NS(=O)(=O)c1cccc2c(NC(=O)[C@H](Cc3ccccc3)NC(=O)C3CCCCCC3)cccc12. The number of anilines is 1. The zero-order chi connectivity index (χ0) is 28.0. The van der Waals surface area contributed by atoms with Crippen LogP contribution in [0.4, 0.5) is 5.69 Å². The molecule has 0 aromatic heterocycles. The second kappa shape index (κ2) is 12.3. The van der Waals surface area contributed by atoms with Gasteiger partial charge in [0.05, 0.1) is 4.90 Å². The average Bonchev–Trinajstić information content (AvgIpc) is 3.17. The van der Waals surface area contributed by atoms with Gasteiger partial charge in [-0.3, -0.25) is 9.59 Å². The fourth-order valence-corrected chi connectivity index (χ4v) is 6.83. The van der Waals surface area contributed by atoms with Crippen LogP contribution in [0.25, 0.3) is 10.8 Å². The van der Waals surface area contributed by atoms with Gasteiger partial charge in [-0.15, -0.1) is 0 Å². The van der Waals surface area contributed by atoms with Crippen molar-refractivity contribution in [2.24, 2.45) is 5.92 Å². The van der Waals surface area contributed by atoms with E-state index >= 15 is 0 Å². The molecule has 1 atom stereocenters. The molecule has 1 aliphatic rings. The maximum absolute atomic E-state index is 13.7. The van der Waals surface area contributed by atoms with Crippen molar-refractivity contribution in [2.45, 2.75) is 82.2 Å². The van der Waals surface area contributed by atoms with E-state index in [-0.39, 0.29) is 22.6 Å². The molecule has 3 N–H and O–H groups in total. The molecule has 7 nitrogen and oxygen atoms in total. The highest BCUT2D eigenvalue weighted by molar-refractivity contribution is 7.89. The number of hydrogen-bond acceptors (Lipinski definition) is 4. The van der Waals surface area contributed by atoms with Gasteiger partial charge in [-0.05, 0) is 51.3 Å². The number of carbonyl (C=O) groups excluding carboxylic acids is 2. The van der Waals surface area contributed by atoms with E-state index in [1.807, 2.05) is 30.3 Å². The summed E-state index contributed by atoms with van der Waals surface area (Å²) in [6.45, 7) is 5.37. The quantitative estimate of drug-likeness (QED) is 0.320. The van der Waals surface area contributed by atoms with Gasteiger partial charge in [0, 0.05) is 34.3 Å². The van der Waals surface area contributed by atoms with Crippen LogP contribution in [0.15, 0.2) is 71.6 Å². The lowest BCUT2D eigenvalue weighted by Gasteiger charge is -2.23. The molecule has 1 fully saturated rings. The Morgan fingerprint density at radius 1 is 0.846 bits per heavy atom. The van der Waals surface area contributed by atoms with E-state index in [9.17, 15) is 18.0 Å². The third-order valence-electron chi connectivity index (χ3n) is 7.01. The van der Waals surface area contributed by atoms with Gasteiger partial charge in [-0.2, -0.15) is 0 Å². The Balaban J connectivity index is 1.62. The van der Waals surface area contributed by atoms with Crippen molar-refractivity contribution in [3.8, 4) is 0 Å². The summed E-state index contributed by atoms with van der Waals surface area (Å²) < 4.78 is 29.0. The Morgan fingerprint density at radius 2 is 1.49 bits per heavy atom. The van der Waals surface area contributed by atoms with Gasteiger partial charge < -0.3 is 10.6 Å². The topological polar surface area (TPSA) is 104 Å². The van der Waals surface area contributed by atoms with Crippen molar-refractivity contribution in [1.82, 2.24) is 10.0 Å². The third-order valence-corrected chi connectivity index (χ3v) is 8.83. The van der Waals surface area contributed by atoms with Crippen molar-refractivity contribution in [1.29, 1.82) is 0 Å². The van der Waals surface area contributed by atoms with E-state index in [2.05, 4.69) is 15.4 Å². The molecule has 0 saturated heterocycles. The van der Waals surface area contributed by atoms with Crippen molar-refractivity contribution in [3.63, 3.8) is 0 Å². The van der Waals surface area contributed by atoms with Crippen molar-refractivity contribution >= 4 is 38.3 Å². The van der Waals surface area contributed by atoms with Crippen LogP contribution in [0, 0.1) is 5.92 Å². The number of rotatable bonds is 8. The van der Waals surface area contributed by atoms with Gasteiger partial charge in [-0.1, -0.05) is 80.3 Å². The Morgan fingerprint density at radius 3 is 2.15 bits per heavy atom. The smallest absolute Gasteiger partial charge is 0.247 e. The van der Waals surface area contributed by atoms with Crippen LogP contribution in [0.3, 0.4) is 0 Å². The molecule has 2 amide bonds. The minimum atomic E-state index is -3.80. The highest BCUT2D eigenvalue weighted by Crippen LogP contribution is 2.30. The maximum Gasteiger partial charge on any atom is 0.247 e. The van der Waals surface area contributed by atoms with Gasteiger partial charge in [-0.25, -0.2) is 13.1 Å². The Labute approximate surface area is 231 Å². The second-order valence-electron chi connectivity index (χ2n) is 11.4. The predicted octanol–water partition coefficient (Wildman–Crippen LogP) is 5.55. The number of fused-ring (bicyclic) bond motifs is 1. The van der Waals surface area contributed by atoms with Gasteiger partial charge in [0.2, 0.25) is 21.8 Å². The van der Waals surface area contributed by atoms with Crippen LogP contribution < -0.4 is 15.4 Å². The zero-order valence-corrected chi connectivity index (χ0v) is 23.8. The molecule has 0 radical (unpaired) electrons. The van der Waals surface area contributed by atoms with E-state index in [4.69, 9.17) is 0 Å². The van der Waals surface area contributed by atoms with E-state index in [1.54, 1.807) is 57.2 Å². The van der Waals surface area contributed by atoms with Crippen LogP contribution >= 0.6 is 0 Å². The zero-order valence-electron chi connectivity index (χ0n) is 23.0. The summed E-state index contributed by atoms with van der Waals surface area (Å²) in [5, 5.41) is 7.14. The summed E-state index contributed by atoms with van der Waals surface area (Å²) in [4.78, 5) is 27.0. The molecule has 1 aliphatic carbocycles. The molecule has 4 rings (SSSR count). The Kier molecular flexibility index (Phi) is 9.08. The first-order chi connectivity index (χ1) is 18.5. The van der Waals surface area contributed by atoms with Crippen LogP contribution in [0.2, 0.25) is 0 Å². The minimum Gasteiger partial charge on any atom is -0.344 e. The number of nitrogens with one attached hydrogen (secondary N) is 3. The molecule has 0 aliphatic heterocycles. The van der Waals surface area contributed by atoms with E-state index in [0.717, 1.165) is 44.1 Å². The third kappa shape index (κ3) is 7.67. The Hall–Kier alpha value is -3.23. The highest BCUT2D eigenvalue weighted by atomic mass is 32.2. The lowest BCUT2D eigenvalue weighted by Crippen LogP contribution is -2.47. The van der Waals surface area contributed by atoms with E-state index < -0.39 is 21.6 Å². The fraction of sp³-hybridized carbons (Fsp3) is 0.419. The summed E-state index contributed by atoms with van der Waals surface area (Å²) in [6, 6.07) is 19.1. The number of sulfonamides is 1. The summed E-state index contributed by atoms with van der Waals surface area (Å²) in [7, 11) is -3.80. The molecule has 0 bridgehead atoms. The van der Waals surface area contributed by atoms with Gasteiger partial charge >= 0.3 is 0 Å². The van der Waals surface area contributed by atoms with Crippen LogP contribution in [-0.4, -0.2) is 31.8 Å². The molecular weight excluding hydrogens is 510 g/mol. The molecule has 3 aromatic rings. The molecule has 39 heavy (non-hydrogen) atoms. The standard InChI is InChI=1S/C31H39N3O4S/c1-31(2,3)34-39(37,38)28-20-12-17-24-25(28)18-11-19-26(24)32-30(36)27(21-22-13-7-6-8-14-22)33-29(35)23-15-9-4-5-10-16-23/h6-8,11-14,17-20,23,27,34H,4-5,9-10,15-16,21H2,1-3H3,(H,32,36)(H,33,35)/t27-/m0/s1. The summed E-state index contributed by atoms with van der Waals surface area (Å²) in [6.07, 6.45) is 6.37. The number of carbonyl (C=O) groups is 2. The van der Waals surface area contributed by atoms with E-state index in [1.165, 1.54) is 0 Å². The van der Waals surface area contributed by atoms with Crippen molar-refractivity contribution < 1.29 is 18.0 Å². The Bertz CT molecular complexity index is 1410. The highest BCUT2D eigenvalue weighted by Gasteiger charge is 2.28. The lowest BCUT2D eigenvalue weighted by atomic mass is 9.98. The normalized spacial score (nSPS) is 15.9. The molecule has 208 valence electrons. The predicted molar refractivity (Wildman–Crippen MR) is 156 cm³/mol. The molecule has 0 unspecified atom stereocenters. The van der Waals surface area contributed by atoms with Crippen molar-refractivity contribution in [3.05, 3.63) is 72.3 Å². The van der Waals surface area contributed by atoms with E-state index in [0.29, 0.717) is 22.9 Å². The van der Waals surface area contributed by atoms with Crippen LogP contribution in [-0.2, 0) is 26.0 Å². The first-order valence-electron chi connectivity index (χ1n) is 13.7. The first-order valence-corrected chi connectivity index (χ1v) is 15.2. The second-order valence-corrected chi connectivity index (χ2v) is 13.1. The summed E-state index contributed by atoms with van der Waals surface area (Å²) in [5.41, 5.74) is 0.790. The largest absolute Gasteiger partial charge is 0.344 e. The van der Waals surface area contributed by atoms with Gasteiger partial charge in [0.1, 0.15) is 6.04 Å². The molecule has 8 heteroatoms. The lowest BCUT2D eigenvalue weighted by molar-refractivity contribution is -0.129. The first kappa shape index (κ1) is 28.8. The minimum absolute atomic E-state index is 0.0764. The van der Waals surface area contributed by atoms with Crippen LogP contribution in [0.5, 0.6) is 0 Å². The average molecular weight is 550 g/mol. The summed E-state index contributed by atoms with van der Waals surface area (Å²) >= 11 is 0. The molecule has 0 spiro atoms. The number of hydrogen-bond donors (Lipinski definition) is 3. The van der Waals surface area contributed by atoms with Crippen LogP contribution in [0.1, 0.15) is 64.9 Å². The number of amides is 2. The van der Waals surface area contributed by atoms with Gasteiger partial charge in [0.15, 0.2) is 0 Å². The van der Waals surface area contributed by atoms with Gasteiger partial charge in [0.25, 0.3) is 0 Å².